The van der Waals surface area contributed by atoms with Gasteiger partial charge in [-0.2, -0.15) is 5.10 Å². The van der Waals surface area contributed by atoms with Gasteiger partial charge < -0.3 is 5.32 Å². The van der Waals surface area contributed by atoms with E-state index in [1.165, 1.54) is 23.3 Å². The molecule has 3 aromatic heterocycles. The third-order valence-electron chi connectivity index (χ3n) is 4.60. The number of nitrogens with one attached hydrogen (secondary N) is 2. The van der Waals surface area contributed by atoms with E-state index in [1.807, 2.05) is 41.8 Å². The molecule has 7 nitrogen and oxygen atoms in total. The molecule has 9 heteroatoms. The van der Waals surface area contributed by atoms with Gasteiger partial charge in [0, 0.05) is 23.2 Å². The largest absolute Gasteiger partial charge is 0.337 e. The van der Waals surface area contributed by atoms with E-state index in [2.05, 4.69) is 27.0 Å². The van der Waals surface area contributed by atoms with Crippen LogP contribution in [0.15, 0.2) is 65.1 Å². The molecule has 1 aromatic carbocycles. The van der Waals surface area contributed by atoms with E-state index < -0.39 is 0 Å². The number of hydrogen-bond acceptors (Lipinski definition) is 6. The molecule has 2 amide bonds. The van der Waals surface area contributed by atoms with Gasteiger partial charge in [0.15, 0.2) is 5.65 Å². The highest BCUT2D eigenvalue weighted by Gasteiger charge is 2.18. The second-order valence-electron chi connectivity index (χ2n) is 6.77. The van der Waals surface area contributed by atoms with E-state index in [-0.39, 0.29) is 11.8 Å². The summed E-state index contributed by atoms with van der Waals surface area (Å²) in [5, 5.41) is 9.12. The van der Waals surface area contributed by atoms with Crippen molar-refractivity contribution in [3.63, 3.8) is 0 Å². The Balaban J connectivity index is 1.56. The number of nitrogens with zero attached hydrogens (tertiary/aromatic N) is 3. The summed E-state index contributed by atoms with van der Waals surface area (Å²) in [6.07, 6.45) is 5.22. The predicted octanol–water partition coefficient (Wildman–Crippen LogP) is 4.80. The quantitative estimate of drug-likeness (QED) is 0.228. The number of fused-ring (bicyclic) bond motifs is 1. The number of urea groups is 1. The number of benzene rings is 1. The summed E-state index contributed by atoms with van der Waals surface area (Å²) in [6, 6.07) is 13.1. The lowest BCUT2D eigenvalue weighted by molar-refractivity contribution is 0.104. The van der Waals surface area contributed by atoms with Crippen LogP contribution in [-0.4, -0.2) is 33.0 Å². The highest BCUT2D eigenvalue weighted by Crippen LogP contribution is 2.26. The van der Waals surface area contributed by atoms with Crippen molar-refractivity contribution in [2.24, 2.45) is 0 Å². The number of ketones is 1. The minimum atomic E-state index is -0.209. The van der Waals surface area contributed by atoms with Gasteiger partial charge in [0.05, 0.1) is 22.3 Å². The Morgan fingerprint density at radius 1 is 1.19 bits per heavy atom. The second kappa shape index (κ2) is 9.76. The van der Waals surface area contributed by atoms with Crippen LogP contribution in [0.3, 0.4) is 0 Å². The lowest BCUT2D eigenvalue weighted by Gasteiger charge is -2.09. The highest BCUT2D eigenvalue weighted by molar-refractivity contribution is 7.98. The minimum absolute atomic E-state index is 0.0859. The maximum atomic E-state index is 12.8. The molecule has 0 radical (unpaired) electrons. The fourth-order valence-electron chi connectivity index (χ4n) is 3.05. The Morgan fingerprint density at radius 3 is 2.90 bits per heavy atom. The molecule has 0 saturated carbocycles. The van der Waals surface area contributed by atoms with Crippen molar-refractivity contribution >= 4 is 40.7 Å². The first-order chi connectivity index (χ1) is 15.2. The number of hydrogen-bond donors (Lipinski definition) is 2. The first-order valence-corrected chi connectivity index (χ1v) is 11.6. The van der Waals surface area contributed by atoms with E-state index in [4.69, 9.17) is 0 Å². The van der Waals surface area contributed by atoms with Crippen molar-refractivity contribution in [1.82, 2.24) is 24.6 Å². The molecule has 3 heterocycles. The molecule has 31 heavy (non-hydrogen) atoms. The van der Waals surface area contributed by atoms with Gasteiger partial charge in [0.1, 0.15) is 0 Å². The van der Waals surface area contributed by atoms with Gasteiger partial charge in [-0.15, -0.1) is 11.3 Å². The van der Waals surface area contributed by atoms with Gasteiger partial charge in [0.2, 0.25) is 5.78 Å². The van der Waals surface area contributed by atoms with E-state index in [1.54, 1.807) is 23.0 Å². The van der Waals surface area contributed by atoms with Crippen LogP contribution in [0, 0.1) is 0 Å². The first kappa shape index (κ1) is 21.1. The summed E-state index contributed by atoms with van der Waals surface area (Å²) >= 11 is 2.65. The second-order valence-corrected chi connectivity index (χ2v) is 8.60. The lowest BCUT2D eigenvalue weighted by atomic mass is 10.1. The molecule has 0 bridgehead atoms. The number of aromatic nitrogens is 3. The van der Waals surface area contributed by atoms with Crippen LogP contribution >= 0.6 is 23.3 Å². The molecular formula is C22H21N5O2S2. The number of amides is 2. The van der Waals surface area contributed by atoms with Crippen LogP contribution in [0.2, 0.25) is 0 Å². The number of unbranched alkanes of at least 4 members (excludes halogenated alkanes) is 1. The summed E-state index contributed by atoms with van der Waals surface area (Å²) in [5.41, 5.74) is 2.71. The summed E-state index contributed by atoms with van der Waals surface area (Å²) in [6.45, 7) is 2.74. The van der Waals surface area contributed by atoms with Crippen molar-refractivity contribution in [1.29, 1.82) is 0 Å². The van der Waals surface area contributed by atoms with Crippen molar-refractivity contribution in [3.05, 3.63) is 70.7 Å². The third kappa shape index (κ3) is 4.78. The van der Waals surface area contributed by atoms with Crippen LogP contribution in [0.4, 0.5) is 4.79 Å². The fraction of sp³-hybridized carbons (Fsp3) is 0.182. The Hall–Kier alpha value is -3.17. The van der Waals surface area contributed by atoms with Gasteiger partial charge in [0.25, 0.3) is 0 Å². The maximum Gasteiger partial charge on any atom is 0.325 e. The SMILES string of the molecule is CCCCNC(=O)NSc1cccc(-c2ccnc3c(C(=O)c4cccs4)cnn23)c1. The molecule has 0 unspecified atom stereocenters. The molecule has 4 aromatic rings. The van der Waals surface area contributed by atoms with Crippen LogP contribution in [-0.2, 0) is 0 Å². The monoisotopic (exact) mass is 451 g/mol. The molecule has 2 N–H and O–H groups in total. The normalized spacial score (nSPS) is 10.9. The zero-order valence-electron chi connectivity index (χ0n) is 16.9. The molecule has 0 aliphatic carbocycles. The van der Waals surface area contributed by atoms with Crippen molar-refractivity contribution in [3.8, 4) is 11.3 Å². The van der Waals surface area contributed by atoms with E-state index in [9.17, 15) is 9.59 Å². The van der Waals surface area contributed by atoms with Crippen molar-refractivity contribution in [2.45, 2.75) is 24.7 Å². The van der Waals surface area contributed by atoms with Crippen molar-refractivity contribution in [2.75, 3.05) is 6.54 Å². The number of rotatable bonds is 8. The Morgan fingerprint density at radius 2 is 2.10 bits per heavy atom. The molecular weight excluding hydrogens is 430 g/mol. The number of thiophene rings is 1. The highest BCUT2D eigenvalue weighted by atomic mass is 32.2. The van der Waals surface area contributed by atoms with Gasteiger partial charge in [-0.05, 0) is 48.0 Å². The lowest BCUT2D eigenvalue weighted by Crippen LogP contribution is -2.31. The molecule has 0 fully saturated rings. The van der Waals surface area contributed by atoms with Crippen molar-refractivity contribution < 1.29 is 9.59 Å². The van der Waals surface area contributed by atoms with E-state index in [0.29, 0.717) is 22.6 Å². The number of carbonyl (C=O) groups is 2. The molecule has 0 spiro atoms. The van der Waals surface area contributed by atoms with Crippen LogP contribution in [0.5, 0.6) is 0 Å². The standard InChI is InChI=1S/C22H21N5O2S2/c1-2-3-10-24-22(29)26-31-16-7-4-6-15(13-16)18-9-11-23-21-17(14-25-27(18)21)20(28)19-8-5-12-30-19/h4-9,11-14H,2-3,10H2,1H3,(H2,24,26,29). The van der Waals surface area contributed by atoms with Crippen LogP contribution in [0.1, 0.15) is 35.0 Å². The smallest absolute Gasteiger partial charge is 0.325 e. The van der Waals surface area contributed by atoms with Crippen LogP contribution in [0.25, 0.3) is 16.9 Å². The summed E-state index contributed by atoms with van der Waals surface area (Å²) in [5.74, 6) is -0.0859. The summed E-state index contributed by atoms with van der Waals surface area (Å²) in [7, 11) is 0. The topological polar surface area (TPSA) is 88.4 Å². The maximum absolute atomic E-state index is 12.8. The predicted molar refractivity (Wildman–Crippen MR) is 123 cm³/mol. The molecule has 0 atom stereocenters. The average molecular weight is 452 g/mol. The summed E-state index contributed by atoms with van der Waals surface area (Å²) in [4.78, 5) is 30.6. The molecule has 0 aliphatic rings. The summed E-state index contributed by atoms with van der Waals surface area (Å²) < 4.78 is 4.47. The van der Waals surface area contributed by atoms with Gasteiger partial charge in [-0.1, -0.05) is 31.5 Å². The van der Waals surface area contributed by atoms with Gasteiger partial charge in [-0.3, -0.25) is 9.52 Å². The first-order valence-electron chi connectivity index (χ1n) is 9.89. The number of carbonyl (C=O) groups excluding carboxylic acids is 2. The average Bonchev–Trinajstić information content (AvgIpc) is 3.48. The Kier molecular flexibility index (Phi) is 6.63. The molecule has 158 valence electrons. The minimum Gasteiger partial charge on any atom is -0.337 e. The van der Waals surface area contributed by atoms with Gasteiger partial charge >= 0.3 is 6.03 Å². The third-order valence-corrected chi connectivity index (χ3v) is 6.24. The molecule has 0 saturated heterocycles. The molecule has 4 rings (SSSR count). The Bertz CT molecular complexity index is 1200. The molecule has 0 aliphatic heterocycles. The zero-order valence-corrected chi connectivity index (χ0v) is 18.5. The van der Waals surface area contributed by atoms with Crippen LogP contribution < -0.4 is 10.0 Å². The zero-order chi connectivity index (χ0) is 21.6. The fourth-order valence-corrected chi connectivity index (χ4v) is 4.34. The van der Waals surface area contributed by atoms with E-state index >= 15 is 0 Å². The van der Waals surface area contributed by atoms with Gasteiger partial charge in [-0.25, -0.2) is 14.3 Å². The Labute approximate surface area is 188 Å². The van der Waals surface area contributed by atoms with E-state index in [0.717, 1.165) is 29.0 Å².